The molecule has 0 unspecified atom stereocenters. The first-order chi connectivity index (χ1) is 15.3. The molecule has 0 aliphatic carbocycles. The van der Waals surface area contributed by atoms with Crippen LogP contribution in [0.4, 0.5) is 14.5 Å². The van der Waals surface area contributed by atoms with E-state index in [1.54, 1.807) is 26.0 Å². The van der Waals surface area contributed by atoms with Crippen molar-refractivity contribution in [2.45, 2.75) is 20.3 Å². The van der Waals surface area contributed by atoms with Gasteiger partial charge in [0.15, 0.2) is 0 Å². The topological polar surface area (TPSA) is 116 Å². The van der Waals surface area contributed by atoms with Gasteiger partial charge in [-0.3, -0.25) is 9.78 Å². The molecular formula is C23H26F2N6O. The molecule has 0 saturated heterocycles. The van der Waals surface area contributed by atoms with E-state index in [1.807, 2.05) is 7.05 Å². The molecule has 0 saturated carbocycles. The molecule has 0 radical (unpaired) electrons. The van der Waals surface area contributed by atoms with E-state index in [1.165, 1.54) is 24.4 Å². The Labute approximate surface area is 186 Å². The maximum Gasteiger partial charge on any atom is 0.263 e. The number of alkyl halides is 2. The molecule has 9 heteroatoms. The number of hydrogen-bond acceptors (Lipinski definition) is 6. The van der Waals surface area contributed by atoms with E-state index in [4.69, 9.17) is 5.73 Å². The highest BCUT2D eigenvalue weighted by atomic mass is 19.3. The fraction of sp³-hybridized carbons (Fsp3) is 0.261. The molecule has 168 valence electrons. The molecule has 2 aromatic rings. The van der Waals surface area contributed by atoms with Crippen LogP contribution in [0.25, 0.3) is 5.57 Å². The molecule has 0 bridgehead atoms. The van der Waals surface area contributed by atoms with E-state index in [0.717, 1.165) is 11.6 Å². The number of anilines is 1. The smallest absolute Gasteiger partial charge is 0.263 e. The lowest BCUT2D eigenvalue weighted by Crippen LogP contribution is -2.28. The summed E-state index contributed by atoms with van der Waals surface area (Å²) in [5.41, 5.74) is 8.66. The minimum absolute atomic E-state index is 0.118. The quantitative estimate of drug-likeness (QED) is 0.270. The van der Waals surface area contributed by atoms with E-state index >= 15 is 0 Å². The van der Waals surface area contributed by atoms with Crippen molar-refractivity contribution in [1.29, 1.82) is 5.26 Å². The molecule has 0 spiro atoms. The van der Waals surface area contributed by atoms with Gasteiger partial charge in [-0.15, -0.1) is 0 Å². The highest BCUT2D eigenvalue weighted by Crippen LogP contribution is 2.24. The Hall–Kier alpha value is -3.77. The summed E-state index contributed by atoms with van der Waals surface area (Å²) in [4.78, 5) is 16.8. The summed E-state index contributed by atoms with van der Waals surface area (Å²) in [6.07, 6.45) is 0.463. The van der Waals surface area contributed by atoms with E-state index in [2.05, 4.69) is 27.0 Å². The molecular weight excluding hydrogens is 414 g/mol. The van der Waals surface area contributed by atoms with Crippen molar-refractivity contribution in [2.24, 2.45) is 5.73 Å². The van der Waals surface area contributed by atoms with Gasteiger partial charge in [0.2, 0.25) is 0 Å². The number of allylic oxidation sites excluding steroid dienone is 3. The first-order valence-corrected chi connectivity index (χ1v) is 9.90. The molecule has 1 aromatic heterocycles. The van der Waals surface area contributed by atoms with Gasteiger partial charge in [-0.1, -0.05) is 12.1 Å². The SMILES string of the molecule is CNCCN/C(N)=C(C#N)/C=C(\C)c1cc(NC(=O)c2cccc(C(F)F)c2)cnc1C. The zero-order chi connectivity index (χ0) is 23.7. The summed E-state index contributed by atoms with van der Waals surface area (Å²) < 4.78 is 25.8. The number of amides is 1. The van der Waals surface area contributed by atoms with E-state index < -0.39 is 12.3 Å². The van der Waals surface area contributed by atoms with Gasteiger partial charge in [-0.25, -0.2) is 8.78 Å². The predicted octanol–water partition coefficient (Wildman–Crippen LogP) is 3.49. The number of nitrogens with zero attached hydrogens (tertiary/aromatic N) is 2. The zero-order valence-corrected chi connectivity index (χ0v) is 18.2. The Morgan fingerprint density at radius 2 is 2.06 bits per heavy atom. The summed E-state index contributed by atoms with van der Waals surface area (Å²) in [5, 5.41) is 18.1. The lowest BCUT2D eigenvalue weighted by atomic mass is 10.0. The Bertz CT molecular complexity index is 1070. The molecule has 1 aromatic carbocycles. The van der Waals surface area contributed by atoms with Gasteiger partial charge < -0.3 is 21.7 Å². The molecule has 0 aliphatic rings. The minimum Gasteiger partial charge on any atom is -0.384 e. The second-order valence-corrected chi connectivity index (χ2v) is 7.03. The summed E-state index contributed by atoms with van der Waals surface area (Å²) >= 11 is 0. The van der Waals surface area contributed by atoms with Crippen molar-refractivity contribution in [3.05, 3.63) is 76.4 Å². The number of pyridine rings is 1. The standard InChI is InChI=1S/C23H26F2N6O/c1-14(9-18(12-26)22(27)29-8-7-28-3)20-11-19(13-30-15(20)2)31-23(32)17-6-4-5-16(10-17)21(24)25/h4-6,9-11,13,21,28-29H,7-8,27H2,1-3H3,(H,31,32)/b14-9+,22-18-. The van der Waals surface area contributed by atoms with Gasteiger partial charge in [0, 0.05) is 35.5 Å². The molecule has 0 aliphatic heterocycles. The van der Waals surface area contributed by atoms with Crippen LogP contribution in [0.5, 0.6) is 0 Å². The first kappa shape index (κ1) is 24.5. The number of rotatable bonds is 9. The van der Waals surface area contributed by atoms with Crippen molar-refractivity contribution >= 4 is 17.2 Å². The molecule has 7 nitrogen and oxygen atoms in total. The number of nitriles is 1. The number of carbonyl (C=O) groups excluding carboxylic acids is 1. The average molecular weight is 440 g/mol. The number of benzene rings is 1. The lowest BCUT2D eigenvalue weighted by Gasteiger charge is -2.11. The van der Waals surface area contributed by atoms with Gasteiger partial charge in [0.1, 0.15) is 11.9 Å². The third kappa shape index (κ3) is 6.62. The zero-order valence-electron chi connectivity index (χ0n) is 18.2. The summed E-state index contributed by atoms with van der Waals surface area (Å²) in [6.45, 7) is 4.86. The highest BCUT2D eigenvalue weighted by molar-refractivity contribution is 6.04. The highest BCUT2D eigenvalue weighted by Gasteiger charge is 2.13. The molecule has 0 fully saturated rings. The largest absolute Gasteiger partial charge is 0.384 e. The van der Waals surface area contributed by atoms with Crippen LogP contribution < -0.4 is 21.7 Å². The van der Waals surface area contributed by atoms with Crippen molar-refractivity contribution in [3.8, 4) is 6.07 Å². The molecule has 2 rings (SSSR count). The Morgan fingerprint density at radius 3 is 2.72 bits per heavy atom. The van der Waals surface area contributed by atoms with Gasteiger partial charge in [0.05, 0.1) is 17.5 Å². The normalized spacial score (nSPS) is 12.2. The minimum atomic E-state index is -2.66. The van der Waals surface area contributed by atoms with Crippen molar-refractivity contribution in [1.82, 2.24) is 15.6 Å². The maximum atomic E-state index is 12.9. The Balaban J connectivity index is 2.27. The van der Waals surface area contributed by atoms with E-state index in [-0.39, 0.29) is 22.5 Å². The Kier molecular flexibility index (Phi) is 8.86. The second-order valence-electron chi connectivity index (χ2n) is 7.03. The van der Waals surface area contributed by atoms with Crippen molar-refractivity contribution < 1.29 is 13.6 Å². The number of carbonyl (C=O) groups is 1. The van der Waals surface area contributed by atoms with Crippen LogP contribution in [0.1, 0.15) is 40.5 Å². The fourth-order valence-corrected chi connectivity index (χ4v) is 2.90. The molecule has 1 heterocycles. The summed E-state index contributed by atoms with van der Waals surface area (Å²) in [6, 6.07) is 9.08. The second kappa shape index (κ2) is 11.6. The number of aryl methyl sites for hydroxylation is 1. The van der Waals surface area contributed by atoms with Gasteiger partial charge >= 0.3 is 0 Å². The van der Waals surface area contributed by atoms with E-state index in [9.17, 15) is 18.8 Å². The summed E-state index contributed by atoms with van der Waals surface area (Å²) in [7, 11) is 1.81. The average Bonchev–Trinajstić information content (AvgIpc) is 2.78. The van der Waals surface area contributed by atoms with Crippen LogP contribution in [0.15, 0.2) is 54.0 Å². The Morgan fingerprint density at radius 1 is 1.31 bits per heavy atom. The summed E-state index contributed by atoms with van der Waals surface area (Å²) in [5.74, 6) is -0.266. The number of nitrogens with two attached hydrogens (primary N) is 1. The number of likely N-dealkylation sites (N-methyl/N-ethyl adjacent to an activating group) is 1. The van der Waals surface area contributed by atoms with Crippen LogP contribution in [0.3, 0.4) is 0 Å². The maximum absolute atomic E-state index is 12.9. The van der Waals surface area contributed by atoms with Crippen LogP contribution in [-0.2, 0) is 0 Å². The van der Waals surface area contributed by atoms with Crippen LogP contribution in [0, 0.1) is 18.3 Å². The predicted molar refractivity (Wildman–Crippen MR) is 121 cm³/mol. The van der Waals surface area contributed by atoms with Crippen LogP contribution in [0.2, 0.25) is 0 Å². The molecule has 0 atom stereocenters. The van der Waals surface area contributed by atoms with E-state index in [0.29, 0.717) is 30.0 Å². The third-order valence-corrected chi connectivity index (χ3v) is 4.63. The van der Waals surface area contributed by atoms with Gasteiger partial charge in [0.25, 0.3) is 12.3 Å². The third-order valence-electron chi connectivity index (χ3n) is 4.63. The molecule has 1 amide bonds. The van der Waals surface area contributed by atoms with Crippen molar-refractivity contribution in [3.63, 3.8) is 0 Å². The monoisotopic (exact) mass is 440 g/mol. The van der Waals surface area contributed by atoms with Crippen molar-refractivity contribution in [2.75, 3.05) is 25.5 Å². The fourth-order valence-electron chi connectivity index (χ4n) is 2.90. The number of nitrogens with one attached hydrogen (secondary N) is 3. The van der Waals surface area contributed by atoms with Crippen LogP contribution in [-0.4, -0.2) is 31.0 Å². The van der Waals surface area contributed by atoms with Gasteiger partial charge in [-0.2, -0.15) is 5.26 Å². The van der Waals surface area contributed by atoms with Gasteiger partial charge in [-0.05, 0) is 50.7 Å². The number of hydrogen-bond donors (Lipinski definition) is 4. The number of aromatic nitrogens is 1. The molecule has 32 heavy (non-hydrogen) atoms. The van der Waals surface area contributed by atoms with Crippen LogP contribution >= 0.6 is 0 Å². The lowest BCUT2D eigenvalue weighted by molar-refractivity contribution is 0.102. The molecule has 5 N–H and O–H groups in total. The first-order valence-electron chi connectivity index (χ1n) is 9.90. The number of halogens is 2.